The number of sulfonamides is 1. The van der Waals surface area contributed by atoms with E-state index in [0.717, 1.165) is 42.4 Å². The molecule has 5 amide bonds. The molecule has 6 rings (SSSR count). The topological polar surface area (TPSA) is 181 Å². The molecule has 14 nitrogen and oxygen atoms in total. The molecule has 3 N–H and O–H groups in total. The summed E-state index contributed by atoms with van der Waals surface area (Å²) in [6.07, 6.45) is 3.92. The minimum absolute atomic E-state index is 0.0367. The smallest absolute Gasteiger partial charge is 0.410 e. The zero-order chi connectivity index (χ0) is 36.7. The summed E-state index contributed by atoms with van der Waals surface area (Å²) in [5.41, 5.74) is 0.921. The van der Waals surface area contributed by atoms with Crippen molar-refractivity contribution < 1.29 is 41.9 Å². The van der Waals surface area contributed by atoms with E-state index in [0.29, 0.717) is 45.2 Å². The second-order valence-electron chi connectivity index (χ2n) is 15.9. The molecule has 2 saturated carbocycles. The van der Waals surface area contributed by atoms with Gasteiger partial charge in [0.05, 0.1) is 11.8 Å². The number of benzene rings is 1. The standard InChI is InChI=1S/C36H51N5O9S/c1-22-11-10-12-23-19-40(21-27(22)23)34(46)49-25-17-29-30(42)38-36(32(44)39-51(47,48)26-15-16-26)18-24(36)13-8-6-5-7-9-14-28(31(43)41(29)20-25)37-33(45)50-35(2,3)4/h10-12,24-26,28-29H,5-9,13-21H2,1-4H3,(H,37,45)(H,38,42)(H,39,44)/t24-,25-,28+,29+,36-/m1/s1. The number of amides is 5. The molecule has 1 aromatic carbocycles. The number of nitrogens with zero attached hydrogens (tertiary/aromatic N) is 2. The minimum atomic E-state index is -3.87. The van der Waals surface area contributed by atoms with E-state index in [1.807, 2.05) is 25.1 Å². The molecule has 1 aromatic rings. The maximum absolute atomic E-state index is 14.3. The summed E-state index contributed by atoms with van der Waals surface area (Å²) >= 11 is 0. The van der Waals surface area contributed by atoms with E-state index in [4.69, 9.17) is 9.47 Å². The van der Waals surface area contributed by atoms with E-state index in [1.54, 1.807) is 25.7 Å². The van der Waals surface area contributed by atoms with Gasteiger partial charge in [-0.1, -0.05) is 50.3 Å². The van der Waals surface area contributed by atoms with Gasteiger partial charge in [-0.05, 0) is 82.4 Å². The number of aryl methyl sites for hydroxylation is 1. The van der Waals surface area contributed by atoms with E-state index < -0.39 is 74.5 Å². The first-order chi connectivity index (χ1) is 24.1. The summed E-state index contributed by atoms with van der Waals surface area (Å²) in [5, 5.41) is 4.97. The number of fused-ring (bicyclic) bond motifs is 3. The average Bonchev–Trinajstić information content (AvgIpc) is 3.93. The number of hydrogen-bond donors (Lipinski definition) is 3. The summed E-state index contributed by atoms with van der Waals surface area (Å²) in [6.45, 7) is 7.80. The zero-order valence-electron chi connectivity index (χ0n) is 30.0. The molecule has 5 aliphatic rings. The quantitative estimate of drug-likeness (QED) is 0.409. The Kier molecular flexibility index (Phi) is 10.3. The van der Waals surface area contributed by atoms with Gasteiger partial charge >= 0.3 is 12.2 Å². The molecule has 5 atom stereocenters. The molecule has 2 saturated heterocycles. The highest BCUT2D eigenvalue weighted by molar-refractivity contribution is 7.91. The Morgan fingerprint density at radius 3 is 2.37 bits per heavy atom. The second kappa shape index (κ2) is 14.3. The summed E-state index contributed by atoms with van der Waals surface area (Å²) < 4.78 is 39.2. The van der Waals surface area contributed by atoms with Crippen molar-refractivity contribution in [2.24, 2.45) is 5.92 Å². The van der Waals surface area contributed by atoms with Crippen LogP contribution in [0.4, 0.5) is 9.59 Å². The van der Waals surface area contributed by atoms with Crippen molar-refractivity contribution in [3.05, 3.63) is 34.9 Å². The fourth-order valence-electron chi connectivity index (χ4n) is 7.64. The van der Waals surface area contributed by atoms with Crippen molar-refractivity contribution >= 4 is 39.9 Å². The lowest BCUT2D eigenvalue weighted by Crippen LogP contribution is -2.58. The van der Waals surface area contributed by atoms with Crippen molar-refractivity contribution in [3.8, 4) is 0 Å². The van der Waals surface area contributed by atoms with Crippen LogP contribution >= 0.6 is 0 Å². The monoisotopic (exact) mass is 729 g/mol. The first-order valence-electron chi connectivity index (χ1n) is 18.3. The van der Waals surface area contributed by atoms with Crippen molar-refractivity contribution in [2.45, 2.75) is 146 Å². The van der Waals surface area contributed by atoms with Crippen molar-refractivity contribution in [1.29, 1.82) is 0 Å². The van der Waals surface area contributed by atoms with Crippen LogP contribution in [0.25, 0.3) is 0 Å². The van der Waals surface area contributed by atoms with Gasteiger partial charge in [-0.25, -0.2) is 18.0 Å². The fourth-order valence-corrected chi connectivity index (χ4v) is 9.00. The van der Waals surface area contributed by atoms with Crippen LogP contribution in [0.2, 0.25) is 0 Å². The van der Waals surface area contributed by atoms with Gasteiger partial charge in [0.15, 0.2) is 0 Å². The van der Waals surface area contributed by atoms with Crippen LogP contribution < -0.4 is 15.4 Å². The number of carbonyl (C=O) groups is 5. The molecule has 0 radical (unpaired) electrons. The van der Waals surface area contributed by atoms with Gasteiger partial charge in [-0.15, -0.1) is 0 Å². The molecule has 15 heteroatoms. The maximum atomic E-state index is 14.3. The highest BCUT2D eigenvalue weighted by Gasteiger charge is 2.62. The van der Waals surface area contributed by atoms with Gasteiger partial charge in [0.1, 0.15) is 29.3 Å². The lowest BCUT2D eigenvalue weighted by Gasteiger charge is -2.30. The van der Waals surface area contributed by atoms with Gasteiger partial charge in [0.25, 0.3) is 5.91 Å². The van der Waals surface area contributed by atoms with Crippen LogP contribution in [0.3, 0.4) is 0 Å². The maximum Gasteiger partial charge on any atom is 0.410 e. The predicted molar refractivity (Wildman–Crippen MR) is 185 cm³/mol. The molecule has 3 heterocycles. The minimum Gasteiger partial charge on any atom is -0.444 e. The number of alkyl carbamates (subject to hydrolysis) is 1. The second-order valence-corrected chi connectivity index (χ2v) is 17.9. The Bertz CT molecular complexity index is 1670. The summed E-state index contributed by atoms with van der Waals surface area (Å²) in [6, 6.07) is 3.74. The largest absolute Gasteiger partial charge is 0.444 e. The molecule has 2 aliphatic carbocycles. The van der Waals surface area contributed by atoms with E-state index in [-0.39, 0.29) is 25.3 Å². The number of rotatable bonds is 5. The third-order valence-electron chi connectivity index (χ3n) is 10.7. The van der Waals surface area contributed by atoms with Crippen molar-refractivity contribution in [3.63, 3.8) is 0 Å². The molecule has 0 aromatic heterocycles. The highest BCUT2D eigenvalue weighted by atomic mass is 32.2. The number of hydrogen-bond acceptors (Lipinski definition) is 9. The molecule has 51 heavy (non-hydrogen) atoms. The van der Waals surface area contributed by atoms with E-state index in [9.17, 15) is 32.4 Å². The molecule has 3 aliphatic heterocycles. The lowest BCUT2D eigenvalue weighted by atomic mass is 10.0. The van der Waals surface area contributed by atoms with E-state index in [2.05, 4.69) is 15.4 Å². The number of carbonyl (C=O) groups excluding carboxylic acids is 5. The van der Waals surface area contributed by atoms with Crippen LogP contribution in [0.15, 0.2) is 18.2 Å². The Morgan fingerprint density at radius 2 is 1.69 bits per heavy atom. The SMILES string of the molecule is Cc1cccc2c1CN(C(=O)O[C@@H]1C[C@H]3C(=O)N[C@]4(C(=O)NS(=O)(=O)C5CC5)C[C@H]4CCCCCCC[C@H](NC(=O)OC(C)(C)C)C(=O)N3C1)C2. The van der Waals surface area contributed by atoms with Gasteiger partial charge < -0.3 is 25.0 Å². The van der Waals surface area contributed by atoms with Crippen molar-refractivity contribution in [1.82, 2.24) is 25.2 Å². The Morgan fingerprint density at radius 1 is 0.980 bits per heavy atom. The van der Waals surface area contributed by atoms with Gasteiger partial charge in [-0.3, -0.25) is 24.0 Å². The van der Waals surface area contributed by atoms with Crippen LogP contribution in [-0.4, -0.2) is 89.2 Å². The molecule has 4 fully saturated rings. The molecule has 280 valence electrons. The summed E-state index contributed by atoms with van der Waals surface area (Å²) in [4.78, 5) is 71.5. The zero-order valence-corrected chi connectivity index (χ0v) is 30.8. The normalized spacial score (nSPS) is 28.6. The third-order valence-corrected chi connectivity index (χ3v) is 12.5. The third kappa shape index (κ3) is 8.44. The highest BCUT2D eigenvalue weighted by Crippen LogP contribution is 2.48. The van der Waals surface area contributed by atoms with Crippen LogP contribution in [-0.2, 0) is 47.0 Å². The van der Waals surface area contributed by atoms with E-state index >= 15 is 0 Å². The molecular weight excluding hydrogens is 678 g/mol. The Balaban J connectivity index is 1.24. The lowest BCUT2D eigenvalue weighted by molar-refractivity contribution is -0.141. The van der Waals surface area contributed by atoms with Crippen LogP contribution in [0.1, 0.15) is 108 Å². The number of ether oxygens (including phenoxy) is 2. The molecule has 0 bridgehead atoms. The van der Waals surface area contributed by atoms with Gasteiger partial charge in [-0.2, -0.15) is 0 Å². The van der Waals surface area contributed by atoms with Crippen LogP contribution in [0.5, 0.6) is 0 Å². The number of nitrogens with one attached hydrogen (secondary N) is 3. The molecular formula is C36H51N5O9S. The van der Waals surface area contributed by atoms with Gasteiger partial charge in [0, 0.05) is 19.5 Å². The Hall–Kier alpha value is -3.88. The van der Waals surface area contributed by atoms with Crippen LogP contribution in [0, 0.1) is 12.8 Å². The Labute approximate surface area is 299 Å². The molecule has 0 spiro atoms. The first kappa shape index (κ1) is 36.9. The van der Waals surface area contributed by atoms with Gasteiger partial charge in [0.2, 0.25) is 21.8 Å². The fraction of sp³-hybridized carbons (Fsp3) is 0.694. The summed E-state index contributed by atoms with van der Waals surface area (Å²) in [7, 11) is -3.87. The average molecular weight is 730 g/mol. The van der Waals surface area contributed by atoms with Crippen molar-refractivity contribution in [2.75, 3.05) is 6.54 Å². The van der Waals surface area contributed by atoms with E-state index in [1.165, 1.54) is 4.90 Å². The molecule has 0 unspecified atom stereocenters. The first-order valence-corrected chi connectivity index (χ1v) is 19.8. The predicted octanol–water partition coefficient (Wildman–Crippen LogP) is 3.54. The summed E-state index contributed by atoms with van der Waals surface area (Å²) in [5.74, 6) is -2.19.